The van der Waals surface area contributed by atoms with Gasteiger partial charge in [0.15, 0.2) is 9.84 Å². The van der Waals surface area contributed by atoms with Gasteiger partial charge < -0.3 is 15.5 Å². The number of nitrogens with zero attached hydrogens (tertiary/aromatic N) is 1. The number of allylic oxidation sites excluding steroid dienone is 2. The van der Waals surface area contributed by atoms with Crippen molar-refractivity contribution in [1.82, 2.24) is 4.98 Å². The quantitative estimate of drug-likeness (QED) is 0.541. The van der Waals surface area contributed by atoms with Crippen molar-refractivity contribution < 1.29 is 31.1 Å². The number of hydrogen-bond acceptors (Lipinski definition) is 6. The zero-order valence-corrected chi connectivity index (χ0v) is 16.3. The van der Waals surface area contributed by atoms with Crippen LogP contribution in [0.3, 0.4) is 0 Å². The highest BCUT2D eigenvalue weighted by Gasteiger charge is 2.32. The van der Waals surface area contributed by atoms with E-state index in [1.54, 1.807) is 18.2 Å². The molecule has 0 spiro atoms. The Hall–Kier alpha value is -3.08. The Kier molecular flexibility index (Phi) is 6.52. The number of hydrogen-bond donors (Lipinski definition) is 2. The molecule has 0 aliphatic heterocycles. The number of benzene rings is 1. The van der Waals surface area contributed by atoms with Gasteiger partial charge in [0, 0.05) is 11.9 Å². The van der Waals surface area contributed by atoms with Gasteiger partial charge in [-0.3, -0.25) is 9.79 Å². The minimum absolute atomic E-state index is 0.0898. The standard InChI is InChI=1S/C18H18F3N3O4S/c1-28-17(25)10-23-15(9-16(22)18(19,20)21)14-7-6-13(24-14)11-4-3-5-12(8-11)29(2,26)27/h3-9,24H,10,22H2,1-2H3. The number of esters is 1. The van der Waals surface area contributed by atoms with Crippen LogP contribution in [0.5, 0.6) is 0 Å². The summed E-state index contributed by atoms with van der Waals surface area (Å²) in [5, 5.41) is 0. The van der Waals surface area contributed by atoms with Crippen LogP contribution in [-0.4, -0.2) is 51.2 Å². The normalized spacial score (nSPS) is 13.4. The lowest BCUT2D eigenvalue weighted by molar-refractivity contribution is -0.138. The predicted octanol–water partition coefficient (Wildman–Crippen LogP) is 2.45. The molecular formula is C18H18F3N3O4S. The van der Waals surface area contributed by atoms with Crippen molar-refractivity contribution in [3.63, 3.8) is 0 Å². The molecule has 29 heavy (non-hydrogen) atoms. The fourth-order valence-corrected chi connectivity index (χ4v) is 2.93. The zero-order chi connectivity index (χ0) is 21.8. The summed E-state index contributed by atoms with van der Waals surface area (Å²) in [5.74, 6) is -0.742. The Labute approximate surface area is 165 Å². The number of rotatable bonds is 6. The topological polar surface area (TPSA) is 115 Å². The van der Waals surface area contributed by atoms with Gasteiger partial charge >= 0.3 is 12.1 Å². The van der Waals surface area contributed by atoms with E-state index in [4.69, 9.17) is 5.73 Å². The second-order valence-electron chi connectivity index (χ2n) is 5.96. The molecule has 7 nitrogen and oxygen atoms in total. The van der Waals surface area contributed by atoms with Crippen LogP contribution in [0, 0.1) is 0 Å². The Balaban J connectivity index is 2.47. The van der Waals surface area contributed by atoms with Gasteiger partial charge in [0.25, 0.3) is 0 Å². The lowest BCUT2D eigenvalue weighted by Crippen LogP contribution is -2.21. The predicted molar refractivity (Wildman–Crippen MR) is 101 cm³/mol. The SMILES string of the molecule is COC(=O)CN=C(C=C(N)C(F)(F)F)c1ccc(-c2cccc(S(C)(=O)=O)c2)[nH]1. The molecule has 3 N–H and O–H groups in total. The van der Waals surface area contributed by atoms with Crippen LogP contribution in [0.2, 0.25) is 0 Å². The van der Waals surface area contributed by atoms with Crippen LogP contribution in [0.1, 0.15) is 5.69 Å². The van der Waals surface area contributed by atoms with Crippen molar-refractivity contribution in [2.45, 2.75) is 11.1 Å². The molecule has 1 heterocycles. The van der Waals surface area contributed by atoms with Gasteiger partial charge in [-0.05, 0) is 35.9 Å². The maximum atomic E-state index is 12.8. The van der Waals surface area contributed by atoms with Crippen molar-refractivity contribution in [2.75, 3.05) is 19.9 Å². The lowest BCUT2D eigenvalue weighted by Gasteiger charge is -2.07. The highest BCUT2D eigenvalue weighted by Crippen LogP contribution is 2.24. The molecule has 0 atom stereocenters. The zero-order valence-electron chi connectivity index (χ0n) is 15.4. The van der Waals surface area contributed by atoms with E-state index in [1.807, 2.05) is 0 Å². The van der Waals surface area contributed by atoms with Crippen molar-refractivity contribution in [1.29, 1.82) is 0 Å². The Morgan fingerprint density at radius 1 is 1.28 bits per heavy atom. The lowest BCUT2D eigenvalue weighted by atomic mass is 10.2. The second-order valence-corrected chi connectivity index (χ2v) is 7.98. The summed E-state index contributed by atoms with van der Waals surface area (Å²) in [6.45, 7) is -0.509. The number of nitrogens with one attached hydrogen (secondary N) is 1. The molecule has 1 aromatic heterocycles. The van der Waals surface area contributed by atoms with Gasteiger partial charge in [0.2, 0.25) is 0 Å². The van der Waals surface area contributed by atoms with Crippen molar-refractivity contribution in [2.24, 2.45) is 10.7 Å². The first-order valence-corrected chi connectivity index (χ1v) is 9.96. The van der Waals surface area contributed by atoms with Gasteiger partial charge in [0.1, 0.15) is 12.2 Å². The van der Waals surface area contributed by atoms with Gasteiger partial charge in [-0.1, -0.05) is 12.1 Å². The number of carbonyl (C=O) groups is 1. The van der Waals surface area contributed by atoms with Crippen LogP contribution in [-0.2, 0) is 19.4 Å². The number of halogens is 3. The molecule has 0 unspecified atom stereocenters. The first-order valence-electron chi connectivity index (χ1n) is 8.07. The van der Waals surface area contributed by atoms with Gasteiger partial charge in [-0.25, -0.2) is 8.42 Å². The minimum atomic E-state index is -4.77. The van der Waals surface area contributed by atoms with Crippen LogP contribution < -0.4 is 5.73 Å². The van der Waals surface area contributed by atoms with E-state index in [-0.39, 0.29) is 16.3 Å². The minimum Gasteiger partial charge on any atom is -0.468 e. The summed E-state index contributed by atoms with van der Waals surface area (Å²) in [6.07, 6.45) is -3.11. The maximum Gasteiger partial charge on any atom is 0.430 e. The van der Waals surface area contributed by atoms with E-state index in [0.29, 0.717) is 17.3 Å². The number of methoxy groups -OCH3 is 1. The summed E-state index contributed by atoms with van der Waals surface area (Å²) in [6, 6.07) is 9.02. The number of aromatic nitrogens is 1. The van der Waals surface area contributed by atoms with Crippen LogP contribution in [0.4, 0.5) is 13.2 Å². The third kappa shape index (κ3) is 5.95. The first kappa shape index (κ1) is 22.2. The number of H-pyrrole nitrogens is 1. The number of aliphatic imine (C=N–C) groups is 1. The number of nitrogens with two attached hydrogens (primary N) is 1. The van der Waals surface area contributed by atoms with E-state index in [0.717, 1.165) is 13.4 Å². The highest BCUT2D eigenvalue weighted by molar-refractivity contribution is 7.90. The van der Waals surface area contributed by atoms with Gasteiger partial charge in [-0.2, -0.15) is 13.2 Å². The molecule has 2 rings (SSSR count). The third-order valence-corrected chi connectivity index (χ3v) is 4.87. The molecule has 0 bridgehead atoms. The average molecular weight is 429 g/mol. The van der Waals surface area contributed by atoms with Gasteiger partial charge in [0.05, 0.1) is 23.4 Å². The summed E-state index contributed by atoms with van der Waals surface area (Å²) in [7, 11) is -2.31. The number of ether oxygens (including phenoxy) is 1. The monoisotopic (exact) mass is 429 g/mol. The molecule has 0 aliphatic carbocycles. The van der Waals surface area contributed by atoms with E-state index in [1.165, 1.54) is 18.2 Å². The molecule has 1 aromatic carbocycles. The number of sulfone groups is 1. The summed E-state index contributed by atoms with van der Waals surface area (Å²) in [4.78, 5) is 18.1. The summed E-state index contributed by atoms with van der Waals surface area (Å²) < 4.78 is 66.3. The van der Waals surface area contributed by atoms with E-state index in [2.05, 4.69) is 14.7 Å². The Morgan fingerprint density at radius 3 is 2.55 bits per heavy atom. The van der Waals surface area contributed by atoms with Crippen molar-refractivity contribution in [3.05, 3.63) is 53.9 Å². The van der Waals surface area contributed by atoms with Crippen LogP contribution in [0.15, 0.2) is 58.1 Å². The van der Waals surface area contributed by atoms with Crippen LogP contribution >= 0.6 is 0 Å². The molecule has 156 valence electrons. The van der Waals surface area contributed by atoms with E-state index >= 15 is 0 Å². The maximum absolute atomic E-state index is 12.8. The van der Waals surface area contributed by atoms with Gasteiger partial charge in [-0.15, -0.1) is 0 Å². The fourth-order valence-electron chi connectivity index (χ4n) is 2.26. The molecule has 11 heteroatoms. The van der Waals surface area contributed by atoms with E-state index in [9.17, 15) is 26.4 Å². The Morgan fingerprint density at radius 2 is 1.97 bits per heavy atom. The summed E-state index contributed by atoms with van der Waals surface area (Å²) >= 11 is 0. The number of carbonyl (C=O) groups excluding carboxylic acids is 1. The summed E-state index contributed by atoms with van der Waals surface area (Å²) in [5.41, 5.74) is 4.56. The average Bonchev–Trinajstić information content (AvgIpc) is 3.13. The highest BCUT2D eigenvalue weighted by atomic mass is 32.2. The molecule has 0 aliphatic rings. The Bertz CT molecular complexity index is 1070. The smallest absolute Gasteiger partial charge is 0.430 e. The molecule has 0 fully saturated rings. The van der Waals surface area contributed by atoms with Crippen LogP contribution in [0.25, 0.3) is 11.3 Å². The second kappa shape index (κ2) is 8.52. The fraction of sp³-hybridized carbons (Fsp3) is 0.222. The molecule has 0 saturated heterocycles. The molecule has 0 saturated carbocycles. The molecular weight excluding hydrogens is 411 g/mol. The van der Waals surface area contributed by atoms with Crippen molar-refractivity contribution >= 4 is 21.5 Å². The molecule has 0 radical (unpaired) electrons. The van der Waals surface area contributed by atoms with Crippen molar-refractivity contribution in [3.8, 4) is 11.3 Å². The number of aromatic amines is 1. The van der Waals surface area contributed by atoms with E-state index < -0.39 is 34.2 Å². The largest absolute Gasteiger partial charge is 0.468 e. The number of alkyl halides is 3. The first-order chi connectivity index (χ1) is 13.4. The molecule has 2 aromatic rings. The third-order valence-electron chi connectivity index (χ3n) is 3.76. The molecule has 0 amide bonds.